The lowest BCUT2D eigenvalue weighted by atomic mass is 9.98. The van der Waals surface area contributed by atoms with Gasteiger partial charge in [0.15, 0.2) is 0 Å². The van der Waals surface area contributed by atoms with Crippen LogP contribution in [0.3, 0.4) is 0 Å². The van der Waals surface area contributed by atoms with Crippen molar-refractivity contribution in [3.8, 4) is 0 Å². The van der Waals surface area contributed by atoms with E-state index in [2.05, 4.69) is 11.6 Å². The van der Waals surface area contributed by atoms with E-state index in [-0.39, 0.29) is 5.54 Å². The Kier molecular flexibility index (Phi) is 5.67. The molecule has 0 bridgehead atoms. The van der Waals surface area contributed by atoms with Gasteiger partial charge in [0, 0.05) is 5.54 Å². The molecular weight excluding hydrogens is 198 g/mol. The first-order valence-corrected chi connectivity index (χ1v) is 7.15. The van der Waals surface area contributed by atoms with Gasteiger partial charge in [0.05, 0.1) is 6.26 Å². The highest BCUT2D eigenvalue weighted by Gasteiger charge is 2.20. The Balaban J connectivity index is 3.84. The summed E-state index contributed by atoms with van der Waals surface area (Å²) >= 11 is 0. The van der Waals surface area contributed by atoms with E-state index in [1.54, 1.807) is 0 Å². The van der Waals surface area contributed by atoms with Crippen LogP contribution in [-0.4, -0.2) is 20.2 Å². The van der Waals surface area contributed by atoms with Crippen molar-refractivity contribution in [1.29, 1.82) is 0 Å². The zero-order valence-electron chi connectivity index (χ0n) is 9.76. The third kappa shape index (κ3) is 8.51. The van der Waals surface area contributed by atoms with Crippen LogP contribution in [-0.2, 0) is 10.0 Å². The van der Waals surface area contributed by atoms with Crippen molar-refractivity contribution in [3.63, 3.8) is 0 Å². The van der Waals surface area contributed by atoms with Gasteiger partial charge in [-0.25, -0.2) is 13.1 Å². The molecule has 86 valence electrons. The number of nitrogens with one attached hydrogen (secondary N) is 1. The van der Waals surface area contributed by atoms with Gasteiger partial charge in [0.2, 0.25) is 10.0 Å². The normalized spacial score (nSPS) is 13.1. The minimum atomic E-state index is -3.07. The van der Waals surface area contributed by atoms with Crippen LogP contribution in [0.2, 0.25) is 0 Å². The maximum absolute atomic E-state index is 11.0. The van der Waals surface area contributed by atoms with Gasteiger partial charge in [-0.15, -0.1) is 0 Å². The van der Waals surface area contributed by atoms with Crippen molar-refractivity contribution in [1.82, 2.24) is 4.72 Å². The molecule has 0 aromatic rings. The lowest BCUT2D eigenvalue weighted by Gasteiger charge is -2.24. The fraction of sp³-hybridized carbons (Fsp3) is 1.00. The fourth-order valence-corrected chi connectivity index (χ4v) is 2.65. The Hall–Kier alpha value is -0.0900. The molecule has 4 heteroatoms. The highest BCUT2D eigenvalue weighted by molar-refractivity contribution is 7.88. The van der Waals surface area contributed by atoms with Crippen molar-refractivity contribution < 1.29 is 8.42 Å². The Morgan fingerprint density at radius 2 is 1.71 bits per heavy atom. The first kappa shape index (κ1) is 13.9. The van der Waals surface area contributed by atoms with Crippen LogP contribution in [0.1, 0.15) is 52.9 Å². The van der Waals surface area contributed by atoms with Crippen molar-refractivity contribution in [3.05, 3.63) is 0 Å². The van der Waals surface area contributed by atoms with E-state index in [9.17, 15) is 8.42 Å². The monoisotopic (exact) mass is 221 g/mol. The van der Waals surface area contributed by atoms with Gasteiger partial charge in [0.1, 0.15) is 0 Å². The number of rotatable bonds is 7. The SMILES string of the molecule is CCCCCCC(C)(C)NS(C)(=O)=O. The highest BCUT2D eigenvalue weighted by atomic mass is 32.2. The van der Waals surface area contributed by atoms with Crippen molar-refractivity contribution in [2.75, 3.05) is 6.26 Å². The summed E-state index contributed by atoms with van der Waals surface area (Å²) in [6.45, 7) is 6.03. The number of hydrogen-bond acceptors (Lipinski definition) is 2. The van der Waals surface area contributed by atoms with Gasteiger partial charge in [-0.05, 0) is 20.3 Å². The van der Waals surface area contributed by atoms with Crippen molar-refractivity contribution in [2.24, 2.45) is 0 Å². The number of unbranched alkanes of at least 4 members (excludes halogenated alkanes) is 3. The molecule has 0 fully saturated rings. The summed E-state index contributed by atoms with van der Waals surface area (Å²) in [6.07, 6.45) is 6.82. The van der Waals surface area contributed by atoms with Crippen molar-refractivity contribution >= 4 is 10.0 Å². The summed E-state index contributed by atoms with van der Waals surface area (Å²) in [5.74, 6) is 0. The molecule has 0 radical (unpaired) electrons. The zero-order chi connectivity index (χ0) is 11.2. The Morgan fingerprint density at radius 3 is 2.14 bits per heavy atom. The first-order valence-electron chi connectivity index (χ1n) is 5.26. The summed E-state index contributed by atoms with van der Waals surface area (Å²) in [7, 11) is -3.07. The number of sulfonamides is 1. The molecule has 0 aromatic carbocycles. The van der Waals surface area contributed by atoms with Crippen LogP contribution in [0.4, 0.5) is 0 Å². The second kappa shape index (κ2) is 5.71. The Labute approximate surface area is 88.3 Å². The molecule has 0 aliphatic heterocycles. The predicted octanol–water partition coefficient (Wildman–Crippen LogP) is 2.28. The minimum absolute atomic E-state index is 0.304. The van der Waals surface area contributed by atoms with E-state index in [1.165, 1.54) is 25.5 Å². The molecule has 0 unspecified atom stereocenters. The first-order chi connectivity index (χ1) is 6.27. The summed E-state index contributed by atoms with van der Waals surface area (Å²) in [4.78, 5) is 0. The third-order valence-electron chi connectivity index (χ3n) is 2.12. The molecule has 0 atom stereocenters. The third-order valence-corrected chi connectivity index (χ3v) is 3.04. The van der Waals surface area contributed by atoms with E-state index in [1.807, 2.05) is 13.8 Å². The predicted molar refractivity (Wildman–Crippen MR) is 60.8 cm³/mol. The van der Waals surface area contributed by atoms with E-state index in [0.29, 0.717) is 0 Å². The lowest BCUT2D eigenvalue weighted by molar-refractivity contribution is 0.402. The second-order valence-corrected chi connectivity index (χ2v) is 6.32. The van der Waals surface area contributed by atoms with E-state index < -0.39 is 10.0 Å². The van der Waals surface area contributed by atoms with Gasteiger partial charge in [-0.2, -0.15) is 0 Å². The minimum Gasteiger partial charge on any atom is -0.213 e. The average molecular weight is 221 g/mol. The molecule has 0 heterocycles. The summed E-state index contributed by atoms with van der Waals surface area (Å²) in [5, 5.41) is 0. The molecule has 0 amide bonds. The molecule has 14 heavy (non-hydrogen) atoms. The van der Waals surface area contributed by atoms with Gasteiger partial charge in [-0.3, -0.25) is 0 Å². The molecule has 0 aliphatic carbocycles. The summed E-state index contributed by atoms with van der Waals surface area (Å²) in [6, 6.07) is 0. The summed E-state index contributed by atoms with van der Waals surface area (Å²) in [5.41, 5.74) is -0.304. The smallest absolute Gasteiger partial charge is 0.209 e. The molecule has 0 rings (SSSR count). The van der Waals surface area contributed by atoms with Gasteiger partial charge in [0.25, 0.3) is 0 Å². The van der Waals surface area contributed by atoms with Crippen molar-refractivity contribution in [2.45, 2.75) is 58.4 Å². The molecule has 0 saturated carbocycles. The largest absolute Gasteiger partial charge is 0.213 e. The topological polar surface area (TPSA) is 46.2 Å². The number of hydrogen-bond donors (Lipinski definition) is 1. The molecule has 0 saturated heterocycles. The Bertz CT molecular complexity index is 245. The molecule has 0 spiro atoms. The van der Waals surface area contributed by atoms with Crippen LogP contribution in [0.15, 0.2) is 0 Å². The quantitative estimate of drug-likeness (QED) is 0.670. The molecule has 0 aliphatic rings. The maximum Gasteiger partial charge on any atom is 0.209 e. The zero-order valence-corrected chi connectivity index (χ0v) is 10.6. The van der Waals surface area contributed by atoms with E-state index in [0.717, 1.165) is 12.8 Å². The van der Waals surface area contributed by atoms with E-state index >= 15 is 0 Å². The molecule has 3 nitrogen and oxygen atoms in total. The lowest BCUT2D eigenvalue weighted by Crippen LogP contribution is -2.42. The van der Waals surface area contributed by atoms with Crippen LogP contribution in [0, 0.1) is 0 Å². The van der Waals surface area contributed by atoms with Crippen LogP contribution in [0.25, 0.3) is 0 Å². The Morgan fingerprint density at radius 1 is 1.14 bits per heavy atom. The van der Waals surface area contributed by atoms with Gasteiger partial charge < -0.3 is 0 Å². The highest BCUT2D eigenvalue weighted by Crippen LogP contribution is 2.15. The average Bonchev–Trinajstić information content (AvgIpc) is 1.93. The molecule has 1 N–H and O–H groups in total. The standard InChI is InChI=1S/C10H23NO2S/c1-5-6-7-8-9-10(2,3)11-14(4,12)13/h11H,5-9H2,1-4H3. The van der Waals surface area contributed by atoms with Crippen LogP contribution >= 0.6 is 0 Å². The summed E-state index contributed by atoms with van der Waals surface area (Å²) < 4.78 is 24.7. The molecular formula is C10H23NO2S. The maximum atomic E-state index is 11.0. The fourth-order valence-electron chi connectivity index (χ4n) is 1.55. The second-order valence-electron chi connectivity index (χ2n) is 4.57. The van der Waals surface area contributed by atoms with Gasteiger partial charge >= 0.3 is 0 Å². The van der Waals surface area contributed by atoms with Gasteiger partial charge in [-0.1, -0.05) is 32.6 Å². The van der Waals surface area contributed by atoms with E-state index in [4.69, 9.17) is 0 Å². The molecule has 0 aromatic heterocycles. The van der Waals surface area contributed by atoms with Crippen LogP contribution in [0.5, 0.6) is 0 Å². The van der Waals surface area contributed by atoms with Crippen LogP contribution < -0.4 is 4.72 Å².